The number of phenols is 1. The van der Waals surface area contributed by atoms with Gasteiger partial charge in [0.05, 0.1) is 11.6 Å². The van der Waals surface area contributed by atoms with Gasteiger partial charge in [-0.3, -0.25) is 0 Å². The molecule has 2 amide bonds. The molecule has 0 aliphatic carbocycles. The molecule has 0 saturated heterocycles. The largest absolute Gasteiger partial charge is 0.508 e. The number of benzene rings is 1. The first-order valence-corrected chi connectivity index (χ1v) is 8.50. The van der Waals surface area contributed by atoms with Crippen LogP contribution in [-0.2, 0) is 9.53 Å². The molecule has 0 bridgehead atoms. The minimum absolute atomic E-state index is 0.0694. The van der Waals surface area contributed by atoms with Crippen LogP contribution in [0.15, 0.2) is 35.5 Å². The third kappa shape index (κ3) is 4.41. The Morgan fingerprint density at radius 1 is 1.43 bits per heavy atom. The van der Waals surface area contributed by atoms with Crippen LogP contribution in [0.25, 0.3) is 0 Å². The van der Waals surface area contributed by atoms with E-state index in [-0.39, 0.29) is 5.75 Å². The number of hydrogen-bond acceptors (Lipinski definition) is 5. The molecule has 0 saturated carbocycles. The third-order valence-corrected chi connectivity index (χ3v) is 4.22. The van der Waals surface area contributed by atoms with Crippen LogP contribution in [0.1, 0.15) is 25.5 Å². The number of phenolic OH excluding ortho intramolecular Hbond substituents is 1. The number of rotatable bonds is 6. The molecule has 0 aromatic heterocycles. The Morgan fingerprint density at radius 2 is 2.22 bits per heavy atom. The fraction of sp³-hybridized carbons (Fsp3) is 0.375. The highest BCUT2D eigenvalue weighted by atomic mass is 32.2. The van der Waals surface area contributed by atoms with Crippen molar-refractivity contribution in [1.82, 2.24) is 10.6 Å². The lowest BCUT2D eigenvalue weighted by atomic mass is 9.95. The lowest BCUT2D eigenvalue weighted by Gasteiger charge is -2.28. The molecule has 1 atom stereocenters. The van der Waals surface area contributed by atoms with Crippen molar-refractivity contribution in [2.75, 3.05) is 18.1 Å². The topological polar surface area (TPSA) is 87.7 Å². The van der Waals surface area contributed by atoms with Crippen LogP contribution < -0.4 is 10.6 Å². The predicted octanol–water partition coefficient (Wildman–Crippen LogP) is 2.32. The monoisotopic (exact) mass is 336 g/mol. The maximum absolute atomic E-state index is 12.4. The highest BCUT2D eigenvalue weighted by Crippen LogP contribution is 2.29. The number of urea groups is 1. The Hall–Kier alpha value is -2.15. The van der Waals surface area contributed by atoms with E-state index in [0.717, 1.165) is 11.5 Å². The zero-order valence-electron chi connectivity index (χ0n) is 13.1. The first-order valence-electron chi connectivity index (χ1n) is 7.35. The van der Waals surface area contributed by atoms with Crippen LogP contribution in [0.2, 0.25) is 0 Å². The van der Waals surface area contributed by atoms with Gasteiger partial charge in [0.15, 0.2) is 0 Å². The van der Waals surface area contributed by atoms with Crippen molar-refractivity contribution in [3.8, 4) is 5.75 Å². The number of aromatic hydroxyl groups is 1. The smallest absolute Gasteiger partial charge is 0.338 e. The summed E-state index contributed by atoms with van der Waals surface area (Å²) < 4.78 is 5.30. The molecule has 6 nitrogen and oxygen atoms in total. The van der Waals surface area contributed by atoms with Gasteiger partial charge < -0.3 is 20.5 Å². The first-order chi connectivity index (χ1) is 11.0. The van der Waals surface area contributed by atoms with Gasteiger partial charge in [-0.15, -0.1) is 0 Å². The number of carbonyl (C=O) groups is 2. The highest BCUT2D eigenvalue weighted by molar-refractivity contribution is 7.99. The van der Waals surface area contributed by atoms with Gasteiger partial charge in [-0.1, -0.05) is 19.1 Å². The molecule has 7 heteroatoms. The zero-order valence-corrected chi connectivity index (χ0v) is 13.9. The fourth-order valence-electron chi connectivity index (χ4n) is 2.33. The van der Waals surface area contributed by atoms with Crippen molar-refractivity contribution in [1.29, 1.82) is 0 Å². The average molecular weight is 336 g/mol. The van der Waals surface area contributed by atoms with Crippen molar-refractivity contribution >= 4 is 23.8 Å². The van der Waals surface area contributed by atoms with Crippen molar-refractivity contribution < 1.29 is 19.4 Å². The molecule has 0 radical (unpaired) electrons. The molecule has 1 heterocycles. The summed E-state index contributed by atoms with van der Waals surface area (Å²) in [6.07, 6.45) is 0. The van der Waals surface area contributed by atoms with E-state index in [2.05, 4.69) is 10.6 Å². The Morgan fingerprint density at radius 3 is 2.91 bits per heavy atom. The summed E-state index contributed by atoms with van der Waals surface area (Å²) >= 11 is 1.69. The zero-order chi connectivity index (χ0) is 16.8. The van der Waals surface area contributed by atoms with Gasteiger partial charge in [-0.25, -0.2) is 9.59 Å². The third-order valence-electron chi connectivity index (χ3n) is 3.36. The van der Waals surface area contributed by atoms with E-state index >= 15 is 0 Å². The molecule has 0 fully saturated rings. The van der Waals surface area contributed by atoms with Crippen molar-refractivity contribution in [2.24, 2.45) is 0 Å². The number of nitrogens with one attached hydrogen (secondary N) is 2. The van der Waals surface area contributed by atoms with Crippen LogP contribution in [0.3, 0.4) is 0 Å². The van der Waals surface area contributed by atoms with E-state index in [4.69, 9.17) is 4.74 Å². The Kier molecular flexibility index (Phi) is 5.92. The van der Waals surface area contributed by atoms with Crippen molar-refractivity contribution in [3.63, 3.8) is 0 Å². The lowest BCUT2D eigenvalue weighted by molar-refractivity contribution is -0.138. The second-order valence-electron chi connectivity index (χ2n) is 5.00. The Labute approximate surface area is 139 Å². The summed E-state index contributed by atoms with van der Waals surface area (Å²) in [7, 11) is 0. The average Bonchev–Trinajstić information content (AvgIpc) is 2.50. The predicted molar refractivity (Wildman–Crippen MR) is 89.2 cm³/mol. The van der Waals surface area contributed by atoms with Gasteiger partial charge in [0.25, 0.3) is 0 Å². The Bertz CT molecular complexity index is 630. The second-order valence-corrected chi connectivity index (χ2v) is 6.39. The summed E-state index contributed by atoms with van der Waals surface area (Å²) in [5.74, 6) is 1.29. The van der Waals surface area contributed by atoms with E-state index in [9.17, 15) is 14.7 Å². The van der Waals surface area contributed by atoms with Crippen LogP contribution >= 0.6 is 11.8 Å². The minimum Gasteiger partial charge on any atom is -0.508 e. The summed E-state index contributed by atoms with van der Waals surface area (Å²) in [5.41, 5.74) is 1.42. The second kappa shape index (κ2) is 7.92. The lowest BCUT2D eigenvalue weighted by Crippen LogP contribution is -2.45. The maximum atomic E-state index is 12.4. The molecule has 1 aromatic carbocycles. The van der Waals surface area contributed by atoms with Crippen molar-refractivity contribution in [3.05, 3.63) is 41.1 Å². The maximum Gasteiger partial charge on any atom is 0.338 e. The van der Waals surface area contributed by atoms with Gasteiger partial charge in [-0.2, -0.15) is 11.8 Å². The number of carbonyl (C=O) groups excluding carboxylic acids is 2. The van der Waals surface area contributed by atoms with E-state index in [1.54, 1.807) is 30.8 Å². The van der Waals surface area contributed by atoms with Crippen LogP contribution in [0, 0.1) is 0 Å². The molecular formula is C16H20N2O4S. The van der Waals surface area contributed by atoms with Crippen molar-refractivity contribution in [2.45, 2.75) is 19.9 Å². The van der Waals surface area contributed by atoms with E-state index < -0.39 is 18.0 Å². The summed E-state index contributed by atoms with van der Waals surface area (Å²) in [6, 6.07) is 5.40. The summed E-state index contributed by atoms with van der Waals surface area (Å²) in [5, 5.41) is 14.9. The number of thioether (sulfide) groups is 1. The minimum atomic E-state index is -0.651. The van der Waals surface area contributed by atoms with Crippen LogP contribution in [0.4, 0.5) is 4.79 Å². The molecule has 0 unspecified atom stereocenters. The molecule has 2 rings (SSSR count). The molecule has 1 aromatic rings. The standard InChI is InChI=1S/C16H20N2O4S/c1-3-23-8-7-22-15(20)13-10(2)17-16(21)18-14(13)11-5-4-6-12(19)9-11/h4-6,9,14,19H,3,7-8H2,1-2H3,(H2,17,18,21)/t14-/m0/s1. The van der Waals surface area contributed by atoms with E-state index in [1.807, 2.05) is 6.92 Å². The highest BCUT2D eigenvalue weighted by Gasteiger charge is 2.32. The number of amides is 2. The van der Waals surface area contributed by atoms with Crippen LogP contribution in [-0.4, -0.2) is 35.2 Å². The Balaban J connectivity index is 2.22. The SMILES string of the molecule is CCSCCOC(=O)C1=C(C)NC(=O)N[C@H]1c1cccc(O)c1. The van der Waals surface area contributed by atoms with Gasteiger partial charge >= 0.3 is 12.0 Å². The molecule has 1 aliphatic heterocycles. The molecule has 3 N–H and O–H groups in total. The van der Waals surface area contributed by atoms with Gasteiger partial charge in [0.2, 0.25) is 0 Å². The van der Waals surface area contributed by atoms with Gasteiger partial charge in [-0.05, 0) is 30.4 Å². The number of esters is 1. The normalized spacial score (nSPS) is 17.5. The fourth-order valence-corrected chi connectivity index (χ4v) is 2.82. The number of hydrogen-bond donors (Lipinski definition) is 3. The van der Waals surface area contributed by atoms with Gasteiger partial charge in [0, 0.05) is 11.4 Å². The summed E-state index contributed by atoms with van der Waals surface area (Å²) in [6.45, 7) is 4.01. The molecular weight excluding hydrogens is 316 g/mol. The number of allylic oxidation sites excluding steroid dienone is 1. The molecule has 1 aliphatic rings. The number of ether oxygens (including phenoxy) is 1. The summed E-state index contributed by atoms with van der Waals surface area (Å²) in [4.78, 5) is 24.1. The molecule has 124 valence electrons. The van der Waals surface area contributed by atoms with Crippen LogP contribution in [0.5, 0.6) is 5.75 Å². The molecule has 0 spiro atoms. The van der Waals surface area contributed by atoms with E-state index in [0.29, 0.717) is 23.4 Å². The molecule has 23 heavy (non-hydrogen) atoms. The first kappa shape index (κ1) is 17.2. The van der Waals surface area contributed by atoms with E-state index in [1.165, 1.54) is 12.1 Å². The quantitative estimate of drug-likeness (QED) is 0.548. The van der Waals surface area contributed by atoms with Gasteiger partial charge in [0.1, 0.15) is 12.4 Å².